The third kappa shape index (κ3) is 1.82. The minimum absolute atomic E-state index is 0.0620. The average Bonchev–Trinajstić information content (AvgIpc) is 2.60. The standard InChI is InChI=1S/C11H13F2NO2/c1-11(2,14)7-4-9-8(15-5-16-9)3-6(7)10(12)13/h3-4,10H,5,14H2,1-2H3. The highest BCUT2D eigenvalue weighted by atomic mass is 19.3. The van der Waals surface area contributed by atoms with Gasteiger partial charge in [-0.1, -0.05) is 0 Å². The number of ether oxygens (including phenoxy) is 2. The summed E-state index contributed by atoms with van der Waals surface area (Å²) >= 11 is 0. The Bertz CT molecular complexity index is 413. The minimum atomic E-state index is -2.58. The van der Waals surface area contributed by atoms with Crippen LogP contribution >= 0.6 is 0 Å². The maximum absolute atomic E-state index is 12.9. The van der Waals surface area contributed by atoms with E-state index in [4.69, 9.17) is 15.2 Å². The number of fused-ring (bicyclic) bond motifs is 1. The number of hydrogen-bond donors (Lipinski definition) is 1. The molecule has 3 nitrogen and oxygen atoms in total. The van der Waals surface area contributed by atoms with E-state index in [0.29, 0.717) is 17.1 Å². The Morgan fingerprint density at radius 2 is 1.81 bits per heavy atom. The van der Waals surface area contributed by atoms with Crippen LogP contribution in [0.3, 0.4) is 0 Å². The molecule has 0 unspecified atom stereocenters. The first kappa shape index (κ1) is 11.1. The van der Waals surface area contributed by atoms with Crippen LogP contribution in [-0.2, 0) is 5.54 Å². The Morgan fingerprint density at radius 3 is 2.31 bits per heavy atom. The molecule has 16 heavy (non-hydrogen) atoms. The summed E-state index contributed by atoms with van der Waals surface area (Å²) in [5.41, 5.74) is 5.30. The molecule has 0 amide bonds. The third-order valence-corrected chi connectivity index (χ3v) is 2.47. The van der Waals surface area contributed by atoms with E-state index in [1.165, 1.54) is 12.1 Å². The Morgan fingerprint density at radius 1 is 1.25 bits per heavy atom. The van der Waals surface area contributed by atoms with Gasteiger partial charge in [0, 0.05) is 11.1 Å². The van der Waals surface area contributed by atoms with E-state index in [-0.39, 0.29) is 12.4 Å². The van der Waals surface area contributed by atoms with Gasteiger partial charge in [-0.2, -0.15) is 0 Å². The van der Waals surface area contributed by atoms with Gasteiger partial charge in [0.15, 0.2) is 11.5 Å². The fraction of sp³-hybridized carbons (Fsp3) is 0.455. The molecule has 0 aliphatic carbocycles. The predicted molar refractivity (Wildman–Crippen MR) is 54.7 cm³/mol. The van der Waals surface area contributed by atoms with Gasteiger partial charge in [0.25, 0.3) is 6.43 Å². The second kappa shape index (κ2) is 3.59. The third-order valence-electron chi connectivity index (χ3n) is 2.47. The molecular weight excluding hydrogens is 216 g/mol. The summed E-state index contributed by atoms with van der Waals surface area (Å²) in [5, 5.41) is 0. The van der Waals surface area contributed by atoms with E-state index in [2.05, 4.69) is 0 Å². The minimum Gasteiger partial charge on any atom is -0.454 e. The van der Waals surface area contributed by atoms with Crippen molar-refractivity contribution in [2.75, 3.05) is 6.79 Å². The van der Waals surface area contributed by atoms with Crippen LogP contribution in [0.15, 0.2) is 12.1 Å². The van der Waals surface area contributed by atoms with Gasteiger partial charge in [0.2, 0.25) is 6.79 Å². The van der Waals surface area contributed by atoms with Gasteiger partial charge < -0.3 is 15.2 Å². The van der Waals surface area contributed by atoms with Gasteiger partial charge in [0.1, 0.15) is 0 Å². The maximum atomic E-state index is 12.9. The number of benzene rings is 1. The zero-order chi connectivity index (χ0) is 11.9. The van der Waals surface area contributed by atoms with Gasteiger partial charge >= 0.3 is 0 Å². The van der Waals surface area contributed by atoms with E-state index in [1.807, 2.05) is 0 Å². The Balaban J connectivity index is 2.58. The molecule has 0 atom stereocenters. The second-order valence-electron chi connectivity index (χ2n) is 4.32. The SMILES string of the molecule is CC(C)(N)c1cc2c(cc1C(F)F)OCO2. The lowest BCUT2D eigenvalue weighted by molar-refractivity contribution is 0.148. The molecule has 5 heteroatoms. The van der Waals surface area contributed by atoms with E-state index in [1.54, 1.807) is 13.8 Å². The van der Waals surface area contributed by atoms with Crippen LogP contribution in [-0.4, -0.2) is 6.79 Å². The summed E-state index contributed by atoms with van der Waals surface area (Å²) in [6.45, 7) is 3.42. The van der Waals surface area contributed by atoms with E-state index < -0.39 is 12.0 Å². The van der Waals surface area contributed by atoms with E-state index in [0.717, 1.165) is 0 Å². The molecule has 0 spiro atoms. The van der Waals surface area contributed by atoms with Crippen LogP contribution in [0.25, 0.3) is 0 Å². The molecule has 1 aromatic carbocycles. The molecule has 1 heterocycles. The fourth-order valence-electron chi connectivity index (χ4n) is 1.70. The largest absolute Gasteiger partial charge is 0.454 e. The monoisotopic (exact) mass is 229 g/mol. The molecule has 1 aliphatic rings. The first-order valence-electron chi connectivity index (χ1n) is 4.90. The van der Waals surface area contributed by atoms with Crippen molar-refractivity contribution < 1.29 is 18.3 Å². The lowest BCUT2D eigenvalue weighted by atomic mass is 9.90. The normalized spacial score (nSPS) is 14.6. The number of halogens is 2. The van der Waals surface area contributed by atoms with Crippen LogP contribution in [0.1, 0.15) is 31.4 Å². The summed E-state index contributed by atoms with van der Waals surface area (Å²) in [6.07, 6.45) is -2.58. The molecule has 2 rings (SSSR count). The Kier molecular flexibility index (Phi) is 2.50. The van der Waals surface area contributed by atoms with E-state index in [9.17, 15) is 8.78 Å². The topological polar surface area (TPSA) is 44.5 Å². The smallest absolute Gasteiger partial charge is 0.264 e. The van der Waals surface area contributed by atoms with Crippen molar-refractivity contribution in [3.05, 3.63) is 23.3 Å². The highest BCUT2D eigenvalue weighted by molar-refractivity contribution is 5.51. The molecule has 0 aromatic heterocycles. The summed E-state index contributed by atoms with van der Waals surface area (Å²) in [4.78, 5) is 0. The Labute approximate surface area is 92.1 Å². The highest BCUT2D eigenvalue weighted by Gasteiger charge is 2.27. The van der Waals surface area contributed by atoms with Crippen molar-refractivity contribution in [2.24, 2.45) is 5.73 Å². The molecule has 88 valence electrons. The first-order valence-corrected chi connectivity index (χ1v) is 4.90. The van der Waals surface area contributed by atoms with Gasteiger partial charge in [-0.05, 0) is 31.5 Å². The fourth-order valence-corrected chi connectivity index (χ4v) is 1.70. The number of nitrogens with two attached hydrogens (primary N) is 1. The van der Waals surface area contributed by atoms with Gasteiger partial charge in [-0.3, -0.25) is 0 Å². The predicted octanol–water partition coefficient (Wildman–Crippen LogP) is 2.55. The van der Waals surface area contributed by atoms with Crippen molar-refractivity contribution in [3.8, 4) is 11.5 Å². The second-order valence-corrected chi connectivity index (χ2v) is 4.32. The van der Waals surface area contributed by atoms with Crippen LogP contribution in [0.5, 0.6) is 11.5 Å². The van der Waals surface area contributed by atoms with Crippen LogP contribution in [0.4, 0.5) is 8.78 Å². The first-order chi connectivity index (χ1) is 7.39. The van der Waals surface area contributed by atoms with Crippen LogP contribution < -0.4 is 15.2 Å². The highest BCUT2D eigenvalue weighted by Crippen LogP contribution is 2.40. The molecule has 0 saturated heterocycles. The lowest BCUT2D eigenvalue weighted by Crippen LogP contribution is -2.30. The summed E-state index contributed by atoms with van der Waals surface area (Å²) in [5.74, 6) is 0.821. The van der Waals surface area contributed by atoms with Gasteiger partial charge in [-0.15, -0.1) is 0 Å². The van der Waals surface area contributed by atoms with Crippen LogP contribution in [0, 0.1) is 0 Å². The summed E-state index contributed by atoms with van der Waals surface area (Å²) < 4.78 is 36.0. The zero-order valence-electron chi connectivity index (χ0n) is 9.09. The molecule has 2 N–H and O–H groups in total. The average molecular weight is 229 g/mol. The van der Waals surface area contributed by atoms with Crippen molar-refractivity contribution in [2.45, 2.75) is 25.8 Å². The lowest BCUT2D eigenvalue weighted by Gasteiger charge is -2.23. The molecule has 0 radical (unpaired) electrons. The molecule has 1 aromatic rings. The molecule has 0 saturated carbocycles. The van der Waals surface area contributed by atoms with Crippen molar-refractivity contribution in [1.29, 1.82) is 0 Å². The number of alkyl halides is 2. The van der Waals surface area contributed by atoms with Gasteiger partial charge in [0.05, 0.1) is 0 Å². The quantitative estimate of drug-likeness (QED) is 0.847. The number of rotatable bonds is 2. The molecule has 0 fully saturated rings. The molecule has 0 bridgehead atoms. The van der Waals surface area contributed by atoms with Crippen LogP contribution in [0.2, 0.25) is 0 Å². The van der Waals surface area contributed by atoms with Crippen molar-refractivity contribution in [3.63, 3.8) is 0 Å². The van der Waals surface area contributed by atoms with Gasteiger partial charge in [-0.25, -0.2) is 8.78 Å². The Hall–Kier alpha value is -1.36. The van der Waals surface area contributed by atoms with Crippen molar-refractivity contribution in [1.82, 2.24) is 0 Å². The summed E-state index contributed by atoms with van der Waals surface area (Å²) in [6, 6.07) is 2.83. The number of hydrogen-bond acceptors (Lipinski definition) is 3. The summed E-state index contributed by atoms with van der Waals surface area (Å²) in [7, 11) is 0. The molecular formula is C11H13F2NO2. The zero-order valence-corrected chi connectivity index (χ0v) is 9.09. The maximum Gasteiger partial charge on any atom is 0.264 e. The van der Waals surface area contributed by atoms with E-state index >= 15 is 0 Å². The molecule has 1 aliphatic heterocycles. The van der Waals surface area contributed by atoms with Crippen molar-refractivity contribution >= 4 is 0 Å².